The lowest BCUT2D eigenvalue weighted by molar-refractivity contribution is 0.462. The Morgan fingerprint density at radius 2 is 1.18 bits per heavy atom. The Morgan fingerprint density at radius 3 is 1.53 bits per heavy atom. The summed E-state index contributed by atoms with van der Waals surface area (Å²) in [5.41, 5.74) is 11.5. The molecule has 0 unspecified atom stereocenters. The van der Waals surface area contributed by atoms with E-state index < -0.39 is 0 Å². The number of nitrogens with two attached hydrogens (primary N) is 2. The number of hydrogen-bond donors (Lipinski definition) is 4. The van der Waals surface area contributed by atoms with Crippen LogP contribution < -0.4 is 16.2 Å². The molecule has 0 aliphatic heterocycles. The first kappa shape index (κ1) is 10.9. The molecule has 0 aromatic heterocycles. The van der Waals surface area contributed by atoms with Crippen molar-refractivity contribution in [3.63, 3.8) is 0 Å². The second-order valence-corrected chi connectivity index (χ2v) is 3.54. The zero-order valence-electron chi connectivity index (χ0n) is 8.92. The number of nitrogen functional groups attached to an aromatic ring is 2. The summed E-state index contributed by atoms with van der Waals surface area (Å²) in [4.78, 5) is 0. The van der Waals surface area contributed by atoms with Gasteiger partial charge in [-0.3, -0.25) is 0 Å². The fourth-order valence-electron chi connectivity index (χ4n) is 1.33. The van der Waals surface area contributed by atoms with Crippen molar-refractivity contribution in [2.45, 2.75) is 0 Å². The van der Waals surface area contributed by atoms with E-state index in [1.807, 2.05) is 0 Å². The lowest BCUT2D eigenvalue weighted by Gasteiger charge is -2.08. The summed E-state index contributed by atoms with van der Waals surface area (Å²) in [6.07, 6.45) is 0. The first-order valence-corrected chi connectivity index (χ1v) is 4.91. The van der Waals surface area contributed by atoms with E-state index in [2.05, 4.69) is 0 Å². The van der Waals surface area contributed by atoms with E-state index in [0.717, 1.165) is 0 Å². The quantitative estimate of drug-likeness (QED) is 0.469. The Balaban J connectivity index is 2.25. The molecule has 5 heteroatoms. The van der Waals surface area contributed by atoms with E-state index in [-0.39, 0.29) is 22.9 Å². The van der Waals surface area contributed by atoms with Crippen LogP contribution in [-0.2, 0) is 0 Å². The van der Waals surface area contributed by atoms with Crippen LogP contribution in [0.2, 0.25) is 0 Å². The molecule has 0 aliphatic carbocycles. The molecule has 17 heavy (non-hydrogen) atoms. The van der Waals surface area contributed by atoms with Crippen LogP contribution in [0.15, 0.2) is 36.4 Å². The average molecular weight is 232 g/mol. The fraction of sp³-hybridized carbons (Fsp3) is 0. The van der Waals surface area contributed by atoms with Gasteiger partial charge in [0.2, 0.25) is 0 Å². The van der Waals surface area contributed by atoms with E-state index in [0.29, 0.717) is 11.5 Å². The van der Waals surface area contributed by atoms with Gasteiger partial charge in [-0.2, -0.15) is 0 Å². The molecule has 0 saturated carbocycles. The highest BCUT2D eigenvalue weighted by atomic mass is 16.5. The van der Waals surface area contributed by atoms with E-state index in [9.17, 15) is 10.2 Å². The molecule has 2 rings (SSSR count). The van der Waals surface area contributed by atoms with Gasteiger partial charge in [0.1, 0.15) is 23.0 Å². The maximum absolute atomic E-state index is 9.26. The van der Waals surface area contributed by atoms with Crippen molar-refractivity contribution in [3.8, 4) is 23.0 Å². The van der Waals surface area contributed by atoms with Crippen molar-refractivity contribution in [1.82, 2.24) is 0 Å². The second kappa shape index (κ2) is 4.13. The highest BCUT2D eigenvalue weighted by Gasteiger charge is 2.03. The summed E-state index contributed by atoms with van der Waals surface area (Å²) < 4.78 is 5.47. The van der Waals surface area contributed by atoms with Gasteiger partial charge in [0.15, 0.2) is 0 Å². The van der Waals surface area contributed by atoms with Crippen LogP contribution in [0.1, 0.15) is 0 Å². The SMILES string of the molecule is Nc1cc(Oc2ccc(O)c(N)c2)ccc1O. The zero-order valence-corrected chi connectivity index (χ0v) is 8.92. The molecular weight excluding hydrogens is 220 g/mol. The van der Waals surface area contributed by atoms with E-state index in [4.69, 9.17) is 16.2 Å². The van der Waals surface area contributed by atoms with Gasteiger partial charge >= 0.3 is 0 Å². The van der Waals surface area contributed by atoms with Gasteiger partial charge in [0, 0.05) is 12.1 Å². The number of anilines is 2. The number of aromatic hydroxyl groups is 2. The van der Waals surface area contributed by atoms with Crippen molar-refractivity contribution in [1.29, 1.82) is 0 Å². The third-order valence-electron chi connectivity index (χ3n) is 2.23. The average Bonchev–Trinajstić information content (AvgIpc) is 2.29. The normalized spacial score (nSPS) is 10.1. The van der Waals surface area contributed by atoms with E-state index in [1.54, 1.807) is 12.1 Å². The van der Waals surface area contributed by atoms with Gasteiger partial charge in [-0.05, 0) is 24.3 Å². The molecule has 5 nitrogen and oxygen atoms in total. The van der Waals surface area contributed by atoms with Gasteiger partial charge in [-0.1, -0.05) is 0 Å². The molecule has 6 N–H and O–H groups in total. The zero-order chi connectivity index (χ0) is 12.4. The van der Waals surface area contributed by atoms with Gasteiger partial charge in [0.05, 0.1) is 11.4 Å². The second-order valence-electron chi connectivity index (χ2n) is 3.54. The number of phenols is 2. The van der Waals surface area contributed by atoms with E-state index >= 15 is 0 Å². The molecule has 0 fully saturated rings. The molecule has 0 aliphatic rings. The number of ether oxygens (including phenoxy) is 1. The van der Waals surface area contributed by atoms with Crippen molar-refractivity contribution < 1.29 is 14.9 Å². The predicted molar refractivity (Wildman–Crippen MR) is 65.1 cm³/mol. The van der Waals surface area contributed by atoms with Crippen molar-refractivity contribution >= 4 is 11.4 Å². The van der Waals surface area contributed by atoms with Crippen molar-refractivity contribution in [2.75, 3.05) is 11.5 Å². The summed E-state index contributed by atoms with van der Waals surface area (Å²) >= 11 is 0. The number of benzene rings is 2. The Bertz CT molecular complexity index is 506. The number of phenolic OH excluding ortho intramolecular Hbond substituents is 2. The van der Waals surface area contributed by atoms with Crippen LogP contribution in [0.25, 0.3) is 0 Å². The highest BCUT2D eigenvalue weighted by Crippen LogP contribution is 2.31. The third kappa shape index (κ3) is 2.34. The molecule has 2 aromatic carbocycles. The lowest BCUT2D eigenvalue weighted by atomic mass is 10.2. The minimum absolute atomic E-state index is 0.00238. The first-order valence-electron chi connectivity index (χ1n) is 4.91. The molecule has 0 heterocycles. The Kier molecular flexibility index (Phi) is 2.66. The third-order valence-corrected chi connectivity index (χ3v) is 2.23. The monoisotopic (exact) mass is 232 g/mol. The number of hydrogen-bond acceptors (Lipinski definition) is 5. The lowest BCUT2D eigenvalue weighted by Crippen LogP contribution is -1.90. The Morgan fingerprint density at radius 1 is 0.765 bits per heavy atom. The summed E-state index contributed by atoms with van der Waals surface area (Å²) in [5, 5.41) is 18.5. The van der Waals surface area contributed by atoms with Gasteiger partial charge in [-0.15, -0.1) is 0 Å². The summed E-state index contributed by atoms with van der Waals surface area (Å²) in [6.45, 7) is 0. The summed E-state index contributed by atoms with van der Waals surface area (Å²) in [6, 6.07) is 9.03. The molecule has 0 radical (unpaired) electrons. The Hall–Kier alpha value is -2.56. The maximum Gasteiger partial charge on any atom is 0.138 e. The van der Waals surface area contributed by atoms with Crippen molar-refractivity contribution in [3.05, 3.63) is 36.4 Å². The number of rotatable bonds is 2. The van der Waals surface area contributed by atoms with Crippen LogP contribution in [0.3, 0.4) is 0 Å². The largest absolute Gasteiger partial charge is 0.506 e. The van der Waals surface area contributed by atoms with Crippen LogP contribution in [0.5, 0.6) is 23.0 Å². The van der Waals surface area contributed by atoms with Crippen molar-refractivity contribution in [2.24, 2.45) is 0 Å². The molecular formula is C12H12N2O3. The molecule has 0 spiro atoms. The highest BCUT2D eigenvalue weighted by molar-refractivity contribution is 5.58. The summed E-state index contributed by atoms with van der Waals surface area (Å²) in [5.74, 6) is 0.959. The molecule has 0 atom stereocenters. The van der Waals surface area contributed by atoms with Gasteiger partial charge in [0.25, 0.3) is 0 Å². The van der Waals surface area contributed by atoms with Crippen LogP contribution >= 0.6 is 0 Å². The van der Waals surface area contributed by atoms with Crippen LogP contribution in [0.4, 0.5) is 11.4 Å². The van der Waals surface area contributed by atoms with Gasteiger partial charge < -0.3 is 26.4 Å². The summed E-state index contributed by atoms with van der Waals surface area (Å²) in [7, 11) is 0. The van der Waals surface area contributed by atoms with E-state index in [1.165, 1.54) is 24.3 Å². The molecule has 0 amide bonds. The molecule has 0 bridgehead atoms. The Labute approximate surface area is 97.9 Å². The standard InChI is InChI=1S/C12H12N2O3/c13-9-5-7(1-3-11(9)15)17-8-2-4-12(16)10(14)6-8/h1-6,15-16H,13-14H2. The maximum atomic E-state index is 9.26. The van der Waals surface area contributed by atoms with Gasteiger partial charge in [-0.25, -0.2) is 0 Å². The molecule has 2 aromatic rings. The first-order chi connectivity index (χ1) is 8.06. The minimum Gasteiger partial charge on any atom is -0.506 e. The predicted octanol–water partition coefficient (Wildman–Crippen LogP) is 2.05. The minimum atomic E-state index is 0.00238. The smallest absolute Gasteiger partial charge is 0.138 e. The van der Waals surface area contributed by atoms with Crippen LogP contribution in [0, 0.1) is 0 Å². The topological polar surface area (TPSA) is 102 Å². The molecule has 0 saturated heterocycles. The molecule has 88 valence electrons. The van der Waals surface area contributed by atoms with Crippen LogP contribution in [-0.4, -0.2) is 10.2 Å². The fourth-order valence-corrected chi connectivity index (χ4v) is 1.33.